The number of aliphatic hydroxyl groups excluding tert-OH is 1. The maximum absolute atomic E-state index is 13.0. The molecule has 1 fully saturated rings. The Morgan fingerprint density at radius 1 is 1.09 bits per heavy atom. The molecule has 0 saturated carbocycles. The van der Waals surface area contributed by atoms with Gasteiger partial charge in [-0.2, -0.15) is 0 Å². The number of likely N-dealkylation sites (tertiary alicyclic amines) is 1. The quantitative estimate of drug-likeness (QED) is 0.354. The molecule has 0 aliphatic carbocycles. The Labute approximate surface area is 198 Å². The fourth-order valence-corrected chi connectivity index (χ4v) is 3.87. The molecule has 0 spiro atoms. The van der Waals surface area contributed by atoms with Crippen LogP contribution in [-0.2, 0) is 9.59 Å². The molecule has 3 rings (SSSR count). The van der Waals surface area contributed by atoms with Gasteiger partial charge in [0.1, 0.15) is 11.5 Å². The van der Waals surface area contributed by atoms with Crippen molar-refractivity contribution >= 4 is 40.7 Å². The Kier molecular flexibility index (Phi) is 7.49. The summed E-state index contributed by atoms with van der Waals surface area (Å²) in [5, 5.41) is 11.8. The largest absolute Gasteiger partial charge is 0.507 e. The first-order valence-electron chi connectivity index (χ1n) is 10.2. The predicted molar refractivity (Wildman–Crippen MR) is 126 cm³/mol. The number of hydrogen-bond acceptors (Lipinski definition) is 5. The van der Waals surface area contributed by atoms with Gasteiger partial charge >= 0.3 is 0 Å². The van der Waals surface area contributed by atoms with Crippen molar-refractivity contribution < 1.29 is 19.4 Å². The van der Waals surface area contributed by atoms with Gasteiger partial charge in [-0.1, -0.05) is 29.3 Å². The number of aliphatic hydroxyl groups is 1. The number of carbonyl (C=O) groups excluding carboxylic acids is 2. The lowest BCUT2D eigenvalue weighted by Crippen LogP contribution is -2.35. The van der Waals surface area contributed by atoms with Crippen LogP contribution in [0.4, 0.5) is 0 Å². The molecule has 2 aromatic rings. The highest BCUT2D eigenvalue weighted by Crippen LogP contribution is 2.41. The van der Waals surface area contributed by atoms with Crippen LogP contribution in [0.5, 0.6) is 5.75 Å². The molecule has 8 heteroatoms. The third kappa shape index (κ3) is 5.09. The number of benzene rings is 2. The summed E-state index contributed by atoms with van der Waals surface area (Å²) in [5.41, 5.74) is 1.03. The van der Waals surface area contributed by atoms with E-state index in [1.54, 1.807) is 42.5 Å². The summed E-state index contributed by atoms with van der Waals surface area (Å²) in [6.07, 6.45) is 0.00567. The van der Waals surface area contributed by atoms with E-state index in [2.05, 4.69) is 0 Å². The number of ether oxygens (including phenoxy) is 1. The number of ketones is 1. The molecule has 1 heterocycles. The van der Waals surface area contributed by atoms with E-state index in [-0.39, 0.29) is 17.4 Å². The summed E-state index contributed by atoms with van der Waals surface area (Å²) in [5.74, 6) is -1.00. The minimum Gasteiger partial charge on any atom is -0.507 e. The average molecular weight is 477 g/mol. The van der Waals surface area contributed by atoms with Gasteiger partial charge in [0, 0.05) is 18.7 Å². The van der Waals surface area contributed by atoms with Crippen LogP contribution in [0.3, 0.4) is 0 Å². The van der Waals surface area contributed by atoms with Crippen LogP contribution in [0.1, 0.15) is 31.0 Å². The highest BCUT2D eigenvalue weighted by atomic mass is 35.5. The molecule has 1 atom stereocenters. The van der Waals surface area contributed by atoms with E-state index in [1.165, 1.54) is 4.90 Å². The van der Waals surface area contributed by atoms with Gasteiger partial charge in [0.05, 0.1) is 27.8 Å². The van der Waals surface area contributed by atoms with Crippen LogP contribution in [0, 0.1) is 0 Å². The molecule has 1 unspecified atom stereocenters. The number of Topliss-reactive ketones (excluding diaryl/α,β-unsaturated/α-hetero) is 1. The van der Waals surface area contributed by atoms with Crippen molar-refractivity contribution in [3.8, 4) is 5.75 Å². The molecule has 6 nitrogen and oxygen atoms in total. The second-order valence-corrected chi connectivity index (χ2v) is 8.97. The van der Waals surface area contributed by atoms with Crippen molar-refractivity contribution in [2.75, 3.05) is 27.2 Å². The van der Waals surface area contributed by atoms with Crippen molar-refractivity contribution in [2.24, 2.45) is 0 Å². The summed E-state index contributed by atoms with van der Waals surface area (Å²) in [7, 11) is 3.76. The summed E-state index contributed by atoms with van der Waals surface area (Å²) >= 11 is 12.3. The summed E-state index contributed by atoms with van der Waals surface area (Å²) in [6.45, 7) is 4.69. The molecule has 0 bridgehead atoms. The first-order valence-corrected chi connectivity index (χ1v) is 11.0. The Balaban J connectivity index is 2.10. The minimum atomic E-state index is -0.781. The zero-order valence-corrected chi connectivity index (χ0v) is 19.9. The lowest BCUT2D eigenvalue weighted by Gasteiger charge is -2.26. The zero-order valence-electron chi connectivity index (χ0n) is 18.4. The maximum atomic E-state index is 13.0. The second-order valence-electron chi connectivity index (χ2n) is 8.16. The van der Waals surface area contributed by atoms with Gasteiger partial charge in [0.2, 0.25) is 0 Å². The molecule has 1 N–H and O–H groups in total. The van der Waals surface area contributed by atoms with Crippen LogP contribution in [0.2, 0.25) is 10.0 Å². The van der Waals surface area contributed by atoms with Gasteiger partial charge in [-0.05, 0) is 69.9 Å². The molecule has 2 aromatic carbocycles. The predicted octanol–water partition coefficient (Wildman–Crippen LogP) is 4.76. The number of nitrogens with zero attached hydrogens (tertiary/aromatic N) is 2. The highest BCUT2D eigenvalue weighted by molar-refractivity contribution is 6.46. The minimum absolute atomic E-state index is 0.00567. The first kappa shape index (κ1) is 24.1. The fraction of sp³-hybridized carbons (Fsp3) is 0.333. The van der Waals surface area contributed by atoms with E-state index in [9.17, 15) is 14.7 Å². The molecular formula is C24H26Cl2N2O4. The van der Waals surface area contributed by atoms with E-state index < -0.39 is 17.7 Å². The van der Waals surface area contributed by atoms with Gasteiger partial charge in [-0.25, -0.2) is 0 Å². The number of amides is 1. The van der Waals surface area contributed by atoms with Gasteiger partial charge in [0.15, 0.2) is 0 Å². The number of carbonyl (C=O) groups is 2. The average Bonchev–Trinajstić information content (AvgIpc) is 2.98. The lowest BCUT2D eigenvalue weighted by molar-refractivity contribution is -0.140. The smallest absolute Gasteiger partial charge is 0.295 e. The van der Waals surface area contributed by atoms with Crippen molar-refractivity contribution in [3.05, 3.63) is 69.2 Å². The van der Waals surface area contributed by atoms with Crippen LogP contribution < -0.4 is 4.74 Å². The Bertz CT molecular complexity index is 1050. The highest BCUT2D eigenvalue weighted by Gasteiger charge is 2.46. The molecule has 1 aliphatic rings. The second kappa shape index (κ2) is 9.94. The molecule has 32 heavy (non-hydrogen) atoms. The molecule has 1 aliphatic heterocycles. The standard InChI is InChI=1S/C24H26Cl2N2O4/c1-14(2)32-17-8-5-15(6-9-17)22(29)20-21(16-7-10-18(25)19(26)13-16)28(12-11-27(3)4)24(31)23(20)30/h5-10,13-14,21,29H,11-12H2,1-4H3. The number of likely N-dealkylation sites (N-methyl/N-ethyl adjacent to an activating group) is 1. The van der Waals surface area contributed by atoms with E-state index in [0.717, 1.165) is 0 Å². The summed E-state index contributed by atoms with van der Waals surface area (Å²) in [6, 6.07) is 10.9. The van der Waals surface area contributed by atoms with Gasteiger partial charge in [-0.15, -0.1) is 0 Å². The van der Waals surface area contributed by atoms with Crippen molar-refractivity contribution in [1.29, 1.82) is 0 Å². The SMILES string of the molecule is CC(C)Oc1ccc(C(O)=C2C(=O)C(=O)N(CCN(C)C)C2c2ccc(Cl)c(Cl)c2)cc1. The maximum Gasteiger partial charge on any atom is 0.295 e. The molecule has 170 valence electrons. The molecule has 1 amide bonds. The third-order valence-corrected chi connectivity index (χ3v) is 5.83. The normalized spacial score (nSPS) is 18.1. The lowest BCUT2D eigenvalue weighted by atomic mass is 9.95. The third-order valence-electron chi connectivity index (χ3n) is 5.09. The van der Waals surface area contributed by atoms with Gasteiger partial charge in [-0.3, -0.25) is 9.59 Å². The molecule has 0 aromatic heterocycles. The van der Waals surface area contributed by atoms with Crippen molar-refractivity contribution in [1.82, 2.24) is 9.80 Å². The van der Waals surface area contributed by atoms with Crippen molar-refractivity contribution in [3.63, 3.8) is 0 Å². The first-order chi connectivity index (χ1) is 15.1. The topological polar surface area (TPSA) is 70.1 Å². The number of rotatable bonds is 7. The summed E-state index contributed by atoms with van der Waals surface area (Å²) < 4.78 is 5.64. The Morgan fingerprint density at radius 2 is 1.75 bits per heavy atom. The van der Waals surface area contributed by atoms with Crippen molar-refractivity contribution in [2.45, 2.75) is 26.0 Å². The van der Waals surface area contributed by atoms with E-state index >= 15 is 0 Å². The molecular weight excluding hydrogens is 451 g/mol. The Morgan fingerprint density at radius 3 is 2.31 bits per heavy atom. The molecule has 1 saturated heterocycles. The van der Waals surface area contributed by atoms with Crippen LogP contribution >= 0.6 is 23.2 Å². The van der Waals surface area contributed by atoms with Gasteiger partial charge < -0.3 is 19.6 Å². The zero-order chi connectivity index (χ0) is 23.6. The fourth-order valence-electron chi connectivity index (χ4n) is 3.57. The number of hydrogen-bond donors (Lipinski definition) is 1. The molecule has 0 radical (unpaired) electrons. The van der Waals surface area contributed by atoms with Crippen LogP contribution in [0.15, 0.2) is 48.0 Å². The van der Waals surface area contributed by atoms with Gasteiger partial charge in [0.25, 0.3) is 11.7 Å². The van der Waals surface area contributed by atoms with E-state index in [4.69, 9.17) is 27.9 Å². The monoisotopic (exact) mass is 476 g/mol. The van der Waals surface area contributed by atoms with Crippen LogP contribution in [-0.4, -0.2) is 59.9 Å². The Hall–Kier alpha value is -2.54. The number of halogens is 2. The van der Waals surface area contributed by atoms with E-state index in [0.29, 0.717) is 40.0 Å². The summed E-state index contributed by atoms with van der Waals surface area (Å²) in [4.78, 5) is 29.3. The van der Waals surface area contributed by atoms with Crippen LogP contribution in [0.25, 0.3) is 5.76 Å². The van der Waals surface area contributed by atoms with E-state index in [1.807, 2.05) is 32.8 Å².